The number of pyridine rings is 1. The SMILES string of the molecule is CCc1cccc(OC(c2cccnc2)C(C)N)c1. The van der Waals surface area contributed by atoms with Crippen molar-refractivity contribution in [2.45, 2.75) is 32.4 Å². The molecule has 100 valence electrons. The van der Waals surface area contributed by atoms with E-state index < -0.39 is 0 Å². The number of aryl methyl sites for hydroxylation is 1. The van der Waals surface area contributed by atoms with E-state index in [-0.39, 0.29) is 12.1 Å². The zero-order valence-electron chi connectivity index (χ0n) is 11.4. The van der Waals surface area contributed by atoms with Gasteiger partial charge in [0.05, 0.1) is 0 Å². The molecule has 0 saturated heterocycles. The second-order valence-electron chi connectivity index (χ2n) is 4.68. The summed E-state index contributed by atoms with van der Waals surface area (Å²) >= 11 is 0. The number of hydrogen-bond donors (Lipinski definition) is 1. The molecule has 0 radical (unpaired) electrons. The molecule has 0 bridgehead atoms. The van der Waals surface area contributed by atoms with E-state index in [1.165, 1.54) is 5.56 Å². The summed E-state index contributed by atoms with van der Waals surface area (Å²) in [5.41, 5.74) is 8.29. The standard InChI is InChI=1S/C16H20N2O/c1-3-13-6-4-8-15(10-13)19-16(12(2)17)14-7-5-9-18-11-14/h4-12,16H,3,17H2,1-2H3. The van der Waals surface area contributed by atoms with Crippen LogP contribution in [0.4, 0.5) is 0 Å². The lowest BCUT2D eigenvalue weighted by atomic mass is 10.1. The topological polar surface area (TPSA) is 48.1 Å². The number of nitrogens with two attached hydrogens (primary N) is 1. The van der Waals surface area contributed by atoms with Crippen LogP contribution in [0.5, 0.6) is 5.75 Å². The minimum absolute atomic E-state index is 0.102. The molecule has 0 fully saturated rings. The molecule has 0 aliphatic rings. The Kier molecular flexibility index (Phi) is 4.53. The molecule has 2 aromatic rings. The van der Waals surface area contributed by atoms with E-state index in [0.717, 1.165) is 17.7 Å². The summed E-state index contributed by atoms with van der Waals surface area (Å²) < 4.78 is 6.04. The van der Waals surface area contributed by atoms with Gasteiger partial charge in [-0.05, 0) is 37.1 Å². The Bertz CT molecular complexity index is 511. The molecule has 0 spiro atoms. The fourth-order valence-corrected chi connectivity index (χ4v) is 2.01. The first-order valence-corrected chi connectivity index (χ1v) is 6.61. The van der Waals surface area contributed by atoms with Crippen molar-refractivity contribution in [2.24, 2.45) is 5.73 Å². The van der Waals surface area contributed by atoms with Crippen molar-refractivity contribution < 1.29 is 4.74 Å². The second-order valence-corrected chi connectivity index (χ2v) is 4.68. The van der Waals surface area contributed by atoms with E-state index in [1.54, 1.807) is 12.4 Å². The number of aromatic nitrogens is 1. The quantitative estimate of drug-likeness (QED) is 0.894. The van der Waals surface area contributed by atoms with Gasteiger partial charge in [0.2, 0.25) is 0 Å². The Morgan fingerprint density at radius 1 is 1.26 bits per heavy atom. The van der Waals surface area contributed by atoms with Gasteiger partial charge in [-0.2, -0.15) is 0 Å². The fraction of sp³-hybridized carbons (Fsp3) is 0.312. The molecule has 0 saturated carbocycles. The third kappa shape index (κ3) is 3.55. The molecule has 1 aromatic carbocycles. The summed E-state index contributed by atoms with van der Waals surface area (Å²) in [6.07, 6.45) is 4.37. The number of benzene rings is 1. The maximum absolute atomic E-state index is 6.04. The first-order valence-electron chi connectivity index (χ1n) is 6.61. The average molecular weight is 256 g/mol. The maximum atomic E-state index is 6.04. The Labute approximate surface area is 114 Å². The Morgan fingerprint density at radius 2 is 2.11 bits per heavy atom. The highest BCUT2D eigenvalue weighted by Crippen LogP contribution is 2.24. The highest BCUT2D eigenvalue weighted by Gasteiger charge is 2.18. The Morgan fingerprint density at radius 3 is 2.74 bits per heavy atom. The predicted octanol–water partition coefficient (Wildman–Crippen LogP) is 3.11. The highest BCUT2D eigenvalue weighted by atomic mass is 16.5. The van der Waals surface area contributed by atoms with Crippen LogP contribution in [0.15, 0.2) is 48.8 Å². The lowest BCUT2D eigenvalue weighted by Gasteiger charge is -2.23. The molecule has 3 nitrogen and oxygen atoms in total. The van der Waals surface area contributed by atoms with Crippen molar-refractivity contribution in [3.05, 3.63) is 59.9 Å². The Hall–Kier alpha value is -1.87. The summed E-state index contributed by atoms with van der Waals surface area (Å²) in [6.45, 7) is 4.07. The van der Waals surface area contributed by atoms with Crippen LogP contribution in [0, 0.1) is 0 Å². The molecule has 2 atom stereocenters. The summed E-state index contributed by atoms with van der Waals surface area (Å²) in [5.74, 6) is 0.852. The second kappa shape index (κ2) is 6.34. The normalized spacial score (nSPS) is 13.8. The molecule has 0 amide bonds. The molecule has 0 aliphatic carbocycles. The largest absolute Gasteiger partial charge is 0.484 e. The Balaban J connectivity index is 2.21. The van der Waals surface area contributed by atoms with Gasteiger partial charge in [0.25, 0.3) is 0 Å². The van der Waals surface area contributed by atoms with E-state index in [4.69, 9.17) is 10.5 Å². The molecule has 2 rings (SSSR count). The van der Waals surface area contributed by atoms with Gasteiger partial charge in [0, 0.05) is 24.0 Å². The van der Waals surface area contributed by atoms with E-state index in [1.807, 2.05) is 31.2 Å². The first-order chi connectivity index (χ1) is 9.20. The third-order valence-electron chi connectivity index (χ3n) is 3.06. The molecule has 1 heterocycles. The minimum atomic E-state index is -0.180. The summed E-state index contributed by atoms with van der Waals surface area (Å²) in [6, 6.07) is 11.9. The lowest BCUT2D eigenvalue weighted by Crippen LogP contribution is -2.29. The van der Waals surface area contributed by atoms with Gasteiger partial charge in [-0.15, -0.1) is 0 Å². The van der Waals surface area contributed by atoms with Gasteiger partial charge in [0.15, 0.2) is 0 Å². The van der Waals surface area contributed by atoms with Crippen molar-refractivity contribution in [3.63, 3.8) is 0 Å². The van der Waals surface area contributed by atoms with Gasteiger partial charge in [-0.25, -0.2) is 0 Å². The molecular formula is C16H20N2O. The van der Waals surface area contributed by atoms with Crippen LogP contribution in [-0.4, -0.2) is 11.0 Å². The molecule has 1 aromatic heterocycles. The number of nitrogens with zero attached hydrogens (tertiary/aromatic N) is 1. The van der Waals surface area contributed by atoms with Gasteiger partial charge in [-0.3, -0.25) is 4.98 Å². The van der Waals surface area contributed by atoms with E-state index >= 15 is 0 Å². The number of ether oxygens (including phenoxy) is 1. The van der Waals surface area contributed by atoms with Crippen molar-refractivity contribution in [3.8, 4) is 5.75 Å². The van der Waals surface area contributed by atoms with Crippen LogP contribution < -0.4 is 10.5 Å². The lowest BCUT2D eigenvalue weighted by molar-refractivity contribution is 0.180. The minimum Gasteiger partial charge on any atom is -0.484 e. The first kappa shape index (κ1) is 13.6. The molecule has 2 N–H and O–H groups in total. The van der Waals surface area contributed by atoms with Crippen LogP contribution in [0.1, 0.15) is 31.1 Å². The van der Waals surface area contributed by atoms with Gasteiger partial charge in [-0.1, -0.05) is 25.1 Å². The van der Waals surface area contributed by atoms with Crippen LogP contribution in [0.3, 0.4) is 0 Å². The monoisotopic (exact) mass is 256 g/mol. The van der Waals surface area contributed by atoms with Crippen LogP contribution in [-0.2, 0) is 6.42 Å². The van der Waals surface area contributed by atoms with Crippen molar-refractivity contribution in [1.82, 2.24) is 4.98 Å². The third-order valence-corrected chi connectivity index (χ3v) is 3.06. The predicted molar refractivity (Wildman–Crippen MR) is 77.1 cm³/mol. The number of hydrogen-bond acceptors (Lipinski definition) is 3. The summed E-state index contributed by atoms with van der Waals surface area (Å²) in [4.78, 5) is 4.13. The number of rotatable bonds is 5. The maximum Gasteiger partial charge on any atom is 0.140 e. The van der Waals surface area contributed by atoms with Crippen LogP contribution in [0.2, 0.25) is 0 Å². The van der Waals surface area contributed by atoms with Gasteiger partial charge >= 0.3 is 0 Å². The van der Waals surface area contributed by atoms with E-state index in [0.29, 0.717) is 0 Å². The summed E-state index contributed by atoms with van der Waals surface area (Å²) in [7, 11) is 0. The highest BCUT2D eigenvalue weighted by molar-refractivity contribution is 5.29. The van der Waals surface area contributed by atoms with Crippen molar-refractivity contribution >= 4 is 0 Å². The summed E-state index contributed by atoms with van der Waals surface area (Å²) in [5, 5.41) is 0. The van der Waals surface area contributed by atoms with E-state index in [2.05, 4.69) is 24.0 Å². The molecule has 0 aliphatic heterocycles. The van der Waals surface area contributed by atoms with Crippen molar-refractivity contribution in [1.29, 1.82) is 0 Å². The van der Waals surface area contributed by atoms with Crippen LogP contribution in [0.25, 0.3) is 0 Å². The molecule has 2 unspecified atom stereocenters. The van der Waals surface area contributed by atoms with Crippen LogP contribution >= 0.6 is 0 Å². The fourth-order valence-electron chi connectivity index (χ4n) is 2.01. The van der Waals surface area contributed by atoms with Gasteiger partial charge in [0.1, 0.15) is 11.9 Å². The van der Waals surface area contributed by atoms with Gasteiger partial charge < -0.3 is 10.5 Å². The average Bonchev–Trinajstić information content (AvgIpc) is 2.45. The molecule has 3 heteroatoms. The zero-order chi connectivity index (χ0) is 13.7. The zero-order valence-corrected chi connectivity index (χ0v) is 11.4. The molecular weight excluding hydrogens is 236 g/mol. The van der Waals surface area contributed by atoms with Crippen molar-refractivity contribution in [2.75, 3.05) is 0 Å². The molecule has 19 heavy (non-hydrogen) atoms. The van der Waals surface area contributed by atoms with E-state index in [9.17, 15) is 0 Å². The smallest absolute Gasteiger partial charge is 0.140 e.